The van der Waals surface area contributed by atoms with Crippen LogP contribution in [0.2, 0.25) is 0 Å². The molecule has 0 aromatic heterocycles. The Morgan fingerprint density at radius 3 is 2.73 bits per heavy atom. The predicted octanol–water partition coefficient (Wildman–Crippen LogP) is 4.18. The zero-order chi connectivity index (χ0) is 19.2. The van der Waals surface area contributed by atoms with Crippen LogP contribution in [0.1, 0.15) is 49.7 Å². The number of allylic oxidation sites excluding steroid dienone is 1. The molecule has 1 aliphatic carbocycles. The minimum absolute atomic E-state index is 0.0993. The summed E-state index contributed by atoms with van der Waals surface area (Å²) >= 11 is 5.57. The van der Waals surface area contributed by atoms with Gasteiger partial charge in [0.15, 0.2) is 5.78 Å². The van der Waals surface area contributed by atoms with E-state index in [1.807, 2.05) is 30.3 Å². The molecule has 0 spiro atoms. The molecule has 6 nitrogen and oxygen atoms in total. The van der Waals surface area contributed by atoms with Crippen LogP contribution in [0, 0.1) is 0 Å². The van der Waals surface area contributed by atoms with E-state index < -0.39 is 19.0 Å². The van der Waals surface area contributed by atoms with Gasteiger partial charge in [0.25, 0.3) is 0 Å². The second-order valence-electron chi connectivity index (χ2n) is 6.23. The van der Waals surface area contributed by atoms with Crippen molar-refractivity contribution in [1.82, 2.24) is 0 Å². The van der Waals surface area contributed by atoms with Crippen LogP contribution >= 0.6 is 18.2 Å². The molecule has 0 bridgehead atoms. The fourth-order valence-electron chi connectivity index (χ4n) is 2.74. The van der Waals surface area contributed by atoms with Gasteiger partial charge in [-0.05, 0) is 37.0 Å². The molecule has 1 aliphatic rings. The van der Waals surface area contributed by atoms with Gasteiger partial charge in [0.1, 0.15) is 6.04 Å². The van der Waals surface area contributed by atoms with Crippen molar-refractivity contribution in [2.75, 3.05) is 6.61 Å². The first-order valence-electron chi connectivity index (χ1n) is 8.54. The molecule has 2 unspecified atom stereocenters. The van der Waals surface area contributed by atoms with Crippen molar-refractivity contribution in [2.45, 2.75) is 44.6 Å². The normalized spacial score (nSPS) is 19.5. The van der Waals surface area contributed by atoms with E-state index in [-0.39, 0.29) is 18.3 Å². The number of carbonyl (C=O) groups is 2. The first-order valence-corrected chi connectivity index (χ1v) is 11.0. The van der Waals surface area contributed by atoms with Crippen LogP contribution in [0.25, 0.3) is 6.08 Å². The molecule has 1 aromatic carbocycles. The zero-order valence-electron chi connectivity index (χ0n) is 14.6. The maximum absolute atomic E-state index is 12.1. The molecule has 8 heteroatoms. The van der Waals surface area contributed by atoms with Gasteiger partial charge in [0, 0.05) is 17.2 Å². The topological polar surface area (TPSA) is 95.7 Å². The lowest BCUT2D eigenvalue weighted by Crippen LogP contribution is -2.27. The average molecular weight is 400 g/mol. The number of ketones is 1. The van der Waals surface area contributed by atoms with Gasteiger partial charge in [0.2, 0.25) is 0 Å². The Kier molecular flexibility index (Phi) is 7.59. The van der Waals surface area contributed by atoms with Crippen LogP contribution < -0.4 is 5.73 Å². The van der Waals surface area contributed by atoms with E-state index in [0.29, 0.717) is 6.42 Å². The standard InChI is InChI=1S/C18H23ClNO5P/c1-13(20)18(22)25-26(19,23)24-12-6-2-3-9-16-15-8-5-4-7-14(15)10-11-17(16)21/h4-5,7-8,10-11,13,16H,2-3,6,9,12,20H2,1H3/t13-,16?,26?/m0/s1. The highest BCUT2D eigenvalue weighted by molar-refractivity contribution is 7.81. The monoisotopic (exact) mass is 399 g/mol. The summed E-state index contributed by atoms with van der Waals surface area (Å²) in [6.07, 6.45) is 6.39. The van der Waals surface area contributed by atoms with Crippen molar-refractivity contribution in [3.8, 4) is 0 Å². The second-order valence-corrected chi connectivity index (χ2v) is 8.77. The van der Waals surface area contributed by atoms with Crippen molar-refractivity contribution < 1.29 is 23.2 Å². The molecule has 0 saturated heterocycles. The largest absolute Gasteiger partial charge is 0.478 e. The maximum Gasteiger partial charge on any atom is 0.478 e. The summed E-state index contributed by atoms with van der Waals surface area (Å²) in [7, 11) is 0. The van der Waals surface area contributed by atoms with Gasteiger partial charge >= 0.3 is 12.9 Å². The van der Waals surface area contributed by atoms with Gasteiger partial charge < -0.3 is 10.3 Å². The smallest absolute Gasteiger partial charge is 0.379 e. The molecule has 26 heavy (non-hydrogen) atoms. The Morgan fingerprint density at radius 1 is 1.27 bits per heavy atom. The number of halogens is 1. The molecule has 0 fully saturated rings. The van der Waals surface area contributed by atoms with E-state index in [1.165, 1.54) is 6.92 Å². The first-order chi connectivity index (χ1) is 12.3. The molecule has 2 rings (SSSR count). The lowest BCUT2D eigenvalue weighted by molar-refractivity contribution is -0.135. The Labute approximate surface area is 158 Å². The van der Waals surface area contributed by atoms with Gasteiger partial charge in [-0.3, -0.25) is 14.1 Å². The molecular weight excluding hydrogens is 377 g/mol. The summed E-state index contributed by atoms with van der Waals surface area (Å²) in [6, 6.07) is 6.96. The van der Waals surface area contributed by atoms with Crippen molar-refractivity contribution >= 4 is 36.0 Å². The van der Waals surface area contributed by atoms with Crippen LogP contribution in [0.3, 0.4) is 0 Å². The fourth-order valence-corrected chi connectivity index (χ4v) is 3.93. The Hall–Kier alpha value is -1.46. The number of hydrogen-bond acceptors (Lipinski definition) is 6. The number of unbranched alkanes of at least 4 members (excludes halogenated alkanes) is 2. The van der Waals surface area contributed by atoms with Crippen LogP contribution in [0.4, 0.5) is 0 Å². The van der Waals surface area contributed by atoms with E-state index in [9.17, 15) is 14.2 Å². The van der Waals surface area contributed by atoms with Crippen LogP contribution in [0.15, 0.2) is 30.3 Å². The molecular formula is C18H23ClNO5P. The quantitative estimate of drug-likeness (QED) is 0.494. The van der Waals surface area contributed by atoms with E-state index in [0.717, 1.165) is 30.4 Å². The SMILES string of the molecule is C[C@H](N)C(=O)OP(=O)(Cl)OCCCCCC1C(=O)C=Cc2ccccc21. The number of rotatable bonds is 9. The third kappa shape index (κ3) is 6.06. The van der Waals surface area contributed by atoms with Crippen molar-refractivity contribution in [3.05, 3.63) is 41.5 Å². The third-order valence-electron chi connectivity index (χ3n) is 4.10. The Morgan fingerprint density at radius 2 is 2.00 bits per heavy atom. The minimum atomic E-state index is -3.95. The number of carbonyl (C=O) groups excluding carboxylic acids is 2. The van der Waals surface area contributed by atoms with Crippen molar-refractivity contribution in [2.24, 2.45) is 5.73 Å². The van der Waals surface area contributed by atoms with Crippen LogP contribution in [-0.4, -0.2) is 24.4 Å². The molecule has 2 N–H and O–H groups in total. The van der Waals surface area contributed by atoms with Gasteiger partial charge in [-0.1, -0.05) is 43.2 Å². The van der Waals surface area contributed by atoms with Gasteiger partial charge in [-0.25, -0.2) is 4.57 Å². The highest BCUT2D eigenvalue weighted by Gasteiger charge is 2.27. The summed E-state index contributed by atoms with van der Waals surface area (Å²) in [5, 5.41) is 0. The number of fused-ring (bicyclic) bond motifs is 1. The summed E-state index contributed by atoms with van der Waals surface area (Å²) in [6.45, 7) is -2.45. The Bertz CT molecular complexity index is 734. The molecule has 0 amide bonds. The van der Waals surface area contributed by atoms with Crippen molar-refractivity contribution in [3.63, 3.8) is 0 Å². The highest BCUT2D eigenvalue weighted by atomic mass is 35.7. The summed E-state index contributed by atoms with van der Waals surface area (Å²) < 4.78 is 21.3. The highest BCUT2D eigenvalue weighted by Crippen LogP contribution is 2.53. The average Bonchev–Trinajstić information content (AvgIpc) is 2.59. The van der Waals surface area contributed by atoms with E-state index in [2.05, 4.69) is 4.52 Å². The lowest BCUT2D eigenvalue weighted by atomic mass is 9.83. The lowest BCUT2D eigenvalue weighted by Gasteiger charge is -2.20. The molecule has 142 valence electrons. The van der Waals surface area contributed by atoms with E-state index in [1.54, 1.807) is 6.08 Å². The second kappa shape index (κ2) is 9.47. The number of nitrogens with two attached hydrogens (primary N) is 1. The summed E-state index contributed by atoms with van der Waals surface area (Å²) in [5.41, 5.74) is 7.45. The van der Waals surface area contributed by atoms with Crippen LogP contribution in [0.5, 0.6) is 0 Å². The van der Waals surface area contributed by atoms with E-state index in [4.69, 9.17) is 21.5 Å². The van der Waals surface area contributed by atoms with Gasteiger partial charge in [-0.2, -0.15) is 0 Å². The van der Waals surface area contributed by atoms with Crippen LogP contribution in [-0.2, 0) is 23.2 Å². The predicted molar refractivity (Wildman–Crippen MR) is 101 cm³/mol. The molecule has 0 saturated carbocycles. The van der Waals surface area contributed by atoms with E-state index >= 15 is 0 Å². The Balaban J connectivity index is 1.71. The minimum Gasteiger partial charge on any atom is -0.379 e. The van der Waals surface area contributed by atoms with Crippen molar-refractivity contribution in [1.29, 1.82) is 0 Å². The first kappa shape index (κ1) is 20.8. The molecule has 3 atom stereocenters. The molecule has 0 aliphatic heterocycles. The summed E-state index contributed by atoms with van der Waals surface area (Å²) in [4.78, 5) is 23.4. The maximum atomic E-state index is 12.1. The zero-order valence-corrected chi connectivity index (χ0v) is 16.2. The number of benzene rings is 1. The van der Waals surface area contributed by atoms with Gasteiger partial charge in [-0.15, -0.1) is 0 Å². The summed E-state index contributed by atoms with van der Waals surface area (Å²) in [5.74, 6) is -0.873. The molecule has 0 radical (unpaired) electrons. The molecule has 1 aromatic rings. The third-order valence-corrected chi connectivity index (χ3v) is 5.48. The number of hydrogen-bond donors (Lipinski definition) is 1. The van der Waals surface area contributed by atoms with Gasteiger partial charge in [0.05, 0.1) is 6.61 Å². The molecule has 0 heterocycles. The fraction of sp³-hybridized carbons (Fsp3) is 0.444.